The average Bonchev–Trinajstić information content (AvgIpc) is 2.66. The summed E-state index contributed by atoms with van der Waals surface area (Å²) in [5, 5.41) is 3.00. The molecule has 3 N–H and O–H groups in total. The highest BCUT2D eigenvalue weighted by Gasteiger charge is 2.39. The number of anilines is 1. The molecule has 0 atom stereocenters. The molecule has 0 aromatic heterocycles. The van der Waals surface area contributed by atoms with Crippen LogP contribution in [0.5, 0.6) is 0 Å². The number of nitrogens with two attached hydrogens (primary N) is 1. The number of amides is 2. The molecule has 3 rings (SSSR count). The van der Waals surface area contributed by atoms with Gasteiger partial charge in [0, 0.05) is 45.1 Å². The minimum atomic E-state index is -0.791. The number of benzene rings is 1. The Bertz CT molecular complexity index is 703. The van der Waals surface area contributed by atoms with Gasteiger partial charge in [-0.25, -0.2) is 0 Å². The van der Waals surface area contributed by atoms with Gasteiger partial charge in [-0.2, -0.15) is 0 Å². The Labute approximate surface area is 185 Å². The lowest BCUT2D eigenvalue weighted by molar-refractivity contribution is -0.142. The van der Waals surface area contributed by atoms with Gasteiger partial charge in [0.1, 0.15) is 0 Å². The Morgan fingerprint density at radius 2 is 1.72 bits per heavy atom. The van der Waals surface area contributed by atoms with Gasteiger partial charge in [0.05, 0.1) is 12.1 Å². The fraction of sp³-hybridized carbons (Fsp3) is 0.600. The van der Waals surface area contributed by atoms with Crippen molar-refractivity contribution in [2.24, 2.45) is 5.73 Å². The standard InChI is InChI=1S/C20H30N4O3.2ClH/c1-15-4-3-5-17(16(15)2)22-18(25)14-23-8-10-24(11-9-23)19(26)20(21)6-12-27-13-7-20;;/h3-5H,6-14,21H2,1-2H3,(H,22,25);2*1H. The van der Waals surface area contributed by atoms with Gasteiger partial charge >= 0.3 is 0 Å². The molecule has 1 aromatic carbocycles. The van der Waals surface area contributed by atoms with Gasteiger partial charge < -0.3 is 20.7 Å². The predicted octanol–water partition coefficient (Wildman–Crippen LogP) is 1.74. The van der Waals surface area contributed by atoms with Gasteiger partial charge in [-0.05, 0) is 43.9 Å². The fourth-order valence-corrected chi connectivity index (χ4v) is 3.65. The fourth-order valence-electron chi connectivity index (χ4n) is 3.65. The minimum absolute atomic E-state index is 0. The molecule has 2 fully saturated rings. The third-order valence-corrected chi connectivity index (χ3v) is 5.72. The van der Waals surface area contributed by atoms with E-state index in [9.17, 15) is 9.59 Å². The van der Waals surface area contributed by atoms with E-state index in [0.717, 1.165) is 16.8 Å². The van der Waals surface area contributed by atoms with Crippen LogP contribution in [0.1, 0.15) is 24.0 Å². The molecule has 0 unspecified atom stereocenters. The van der Waals surface area contributed by atoms with Gasteiger partial charge in [-0.15, -0.1) is 24.8 Å². The van der Waals surface area contributed by atoms with Crippen LogP contribution in [-0.4, -0.2) is 73.1 Å². The largest absolute Gasteiger partial charge is 0.381 e. The van der Waals surface area contributed by atoms with E-state index in [2.05, 4.69) is 10.2 Å². The zero-order valence-corrected chi connectivity index (χ0v) is 18.7. The van der Waals surface area contributed by atoms with Gasteiger partial charge in [0.25, 0.3) is 0 Å². The maximum Gasteiger partial charge on any atom is 0.242 e. The predicted molar refractivity (Wildman–Crippen MR) is 119 cm³/mol. The molecule has 1 aromatic rings. The van der Waals surface area contributed by atoms with Crippen molar-refractivity contribution in [3.8, 4) is 0 Å². The number of aryl methyl sites for hydroxylation is 1. The molecule has 29 heavy (non-hydrogen) atoms. The number of ether oxygens (including phenoxy) is 1. The molecule has 0 saturated carbocycles. The van der Waals surface area contributed by atoms with E-state index < -0.39 is 5.54 Å². The first-order chi connectivity index (χ1) is 12.9. The number of rotatable bonds is 4. The lowest BCUT2D eigenvalue weighted by Gasteiger charge is -2.40. The third kappa shape index (κ3) is 6.30. The molecule has 2 heterocycles. The molecule has 0 radical (unpaired) electrons. The average molecular weight is 447 g/mol. The van der Waals surface area contributed by atoms with E-state index in [0.29, 0.717) is 58.8 Å². The molecule has 2 amide bonds. The summed E-state index contributed by atoms with van der Waals surface area (Å²) in [6, 6.07) is 5.90. The Hall–Kier alpha value is -1.38. The summed E-state index contributed by atoms with van der Waals surface area (Å²) in [5.41, 5.74) is 8.63. The number of nitrogens with one attached hydrogen (secondary N) is 1. The molecule has 7 nitrogen and oxygen atoms in total. The quantitative estimate of drug-likeness (QED) is 0.734. The van der Waals surface area contributed by atoms with Crippen LogP contribution in [0.2, 0.25) is 0 Å². The van der Waals surface area contributed by atoms with Crippen molar-refractivity contribution < 1.29 is 14.3 Å². The first-order valence-electron chi connectivity index (χ1n) is 9.63. The highest BCUT2D eigenvalue weighted by atomic mass is 35.5. The zero-order chi connectivity index (χ0) is 19.4. The van der Waals surface area contributed by atoms with Crippen LogP contribution in [-0.2, 0) is 14.3 Å². The number of carbonyl (C=O) groups is 2. The van der Waals surface area contributed by atoms with Gasteiger partial charge in [-0.1, -0.05) is 12.1 Å². The molecule has 9 heteroatoms. The number of hydrogen-bond acceptors (Lipinski definition) is 5. The summed E-state index contributed by atoms with van der Waals surface area (Å²) < 4.78 is 5.32. The summed E-state index contributed by atoms with van der Waals surface area (Å²) in [5.74, 6) is -0.00603. The van der Waals surface area contributed by atoms with Crippen molar-refractivity contribution in [2.75, 3.05) is 51.3 Å². The normalized spacial score (nSPS) is 18.9. The van der Waals surface area contributed by atoms with E-state index in [4.69, 9.17) is 10.5 Å². The van der Waals surface area contributed by atoms with Crippen molar-refractivity contribution >= 4 is 42.3 Å². The molecule has 164 valence electrons. The summed E-state index contributed by atoms with van der Waals surface area (Å²) in [4.78, 5) is 29.1. The SMILES string of the molecule is Cc1cccc(NC(=O)CN2CCN(C(=O)C3(N)CCOCC3)CC2)c1C.Cl.Cl. The lowest BCUT2D eigenvalue weighted by Crippen LogP contribution is -2.61. The Balaban J connectivity index is 0.00000210. The van der Waals surface area contributed by atoms with Gasteiger partial charge in [0.15, 0.2) is 0 Å². The highest BCUT2D eigenvalue weighted by molar-refractivity contribution is 5.93. The minimum Gasteiger partial charge on any atom is -0.381 e. The number of nitrogens with zero attached hydrogens (tertiary/aromatic N) is 2. The smallest absolute Gasteiger partial charge is 0.242 e. The molecule has 0 aliphatic carbocycles. The van der Waals surface area contributed by atoms with E-state index in [1.165, 1.54) is 0 Å². The Kier molecular flexibility index (Phi) is 9.85. The number of hydrogen-bond donors (Lipinski definition) is 2. The van der Waals surface area contributed by atoms with Crippen molar-refractivity contribution in [3.63, 3.8) is 0 Å². The molecule has 2 aliphatic heterocycles. The van der Waals surface area contributed by atoms with Gasteiger partial charge in [-0.3, -0.25) is 14.5 Å². The second-order valence-corrected chi connectivity index (χ2v) is 7.63. The number of piperazine rings is 1. The van der Waals surface area contributed by atoms with Gasteiger partial charge in [0.2, 0.25) is 11.8 Å². The second-order valence-electron chi connectivity index (χ2n) is 7.63. The van der Waals surface area contributed by atoms with Crippen LogP contribution in [0, 0.1) is 13.8 Å². The van der Waals surface area contributed by atoms with Crippen molar-refractivity contribution in [3.05, 3.63) is 29.3 Å². The Morgan fingerprint density at radius 3 is 2.34 bits per heavy atom. The van der Waals surface area contributed by atoms with Crippen molar-refractivity contribution in [1.29, 1.82) is 0 Å². The van der Waals surface area contributed by atoms with Crippen LogP contribution in [0.4, 0.5) is 5.69 Å². The third-order valence-electron chi connectivity index (χ3n) is 5.72. The van der Waals surface area contributed by atoms with Crippen LogP contribution >= 0.6 is 24.8 Å². The van der Waals surface area contributed by atoms with Crippen molar-refractivity contribution in [1.82, 2.24) is 9.80 Å². The van der Waals surface area contributed by atoms with E-state index in [1.54, 1.807) is 0 Å². The Morgan fingerprint density at radius 1 is 1.10 bits per heavy atom. The monoisotopic (exact) mass is 446 g/mol. The molecule has 2 aliphatic rings. The van der Waals surface area contributed by atoms with Crippen molar-refractivity contribution in [2.45, 2.75) is 32.2 Å². The molecular weight excluding hydrogens is 415 g/mol. The maximum atomic E-state index is 12.8. The first-order valence-corrected chi connectivity index (χ1v) is 9.63. The first kappa shape index (κ1) is 25.7. The topological polar surface area (TPSA) is 87.9 Å². The lowest BCUT2D eigenvalue weighted by atomic mass is 9.89. The van der Waals surface area contributed by atoms with Crippen LogP contribution in [0.3, 0.4) is 0 Å². The molecule has 0 bridgehead atoms. The highest BCUT2D eigenvalue weighted by Crippen LogP contribution is 2.21. The van der Waals surface area contributed by atoms with E-state index in [-0.39, 0.29) is 36.6 Å². The summed E-state index contributed by atoms with van der Waals surface area (Å²) >= 11 is 0. The summed E-state index contributed by atoms with van der Waals surface area (Å²) in [6.45, 7) is 8.03. The van der Waals surface area contributed by atoms with Crippen LogP contribution in [0.15, 0.2) is 18.2 Å². The van der Waals surface area contributed by atoms with Crippen LogP contribution in [0.25, 0.3) is 0 Å². The maximum absolute atomic E-state index is 12.8. The summed E-state index contributed by atoms with van der Waals surface area (Å²) in [6.07, 6.45) is 1.15. The summed E-state index contributed by atoms with van der Waals surface area (Å²) in [7, 11) is 0. The number of carbonyl (C=O) groups excluding carboxylic acids is 2. The molecule has 0 spiro atoms. The molecule has 2 saturated heterocycles. The van der Waals surface area contributed by atoms with E-state index in [1.807, 2.05) is 36.9 Å². The van der Waals surface area contributed by atoms with E-state index >= 15 is 0 Å². The zero-order valence-electron chi connectivity index (χ0n) is 17.1. The second kappa shape index (κ2) is 11.1. The number of halogens is 2. The van der Waals surface area contributed by atoms with Crippen LogP contribution < -0.4 is 11.1 Å². The molecular formula is C20H32Cl2N4O3.